The zero-order valence-corrected chi connectivity index (χ0v) is 18.0. The highest BCUT2D eigenvalue weighted by Gasteiger charge is 2.33. The summed E-state index contributed by atoms with van der Waals surface area (Å²) in [7, 11) is 0. The molecule has 5 nitrogen and oxygen atoms in total. The first-order chi connectivity index (χ1) is 14.7. The largest absolute Gasteiger partial charge is 0.372 e. The maximum absolute atomic E-state index is 13.2. The van der Waals surface area contributed by atoms with Gasteiger partial charge in [0.1, 0.15) is 38.8 Å². The van der Waals surface area contributed by atoms with Crippen LogP contribution in [0.15, 0.2) is 60.7 Å². The number of carbonyl (C=O) groups excluding carboxylic acids is 1. The van der Waals surface area contributed by atoms with Gasteiger partial charge in [0.25, 0.3) is 5.91 Å². The molecular weight excluding hydrogens is 374 g/mol. The minimum absolute atomic E-state index is 0.0517. The maximum Gasteiger partial charge on any atom is 0.278 e. The predicted octanol–water partition coefficient (Wildman–Crippen LogP) is 0.243. The monoisotopic (exact) mass is 409 g/mol. The Morgan fingerprint density at radius 1 is 1.00 bits per heavy atom. The van der Waals surface area contributed by atoms with Gasteiger partial charge in [-0.2, -0.15) is 0 Å². The summed E-state index contributed by atoms with van der Waals surface area (Å²) in [5.74, 6) is 0.130. The number of carbonyl (C=O) groups is 1. The Balaban J connectivity index is 1.35. The first kappa shape index (κ1) is 21.0. The Morgan fingerprint density at radius 2 is 1.60 bits per heavy atom. The van der Waals surface area contributed by atoms with E-state index in [1.54, 1.807) is 4.90 Å². The highest BCUT2D eigenvalue weighted by Crippen LogP contribution is 2.21. The molecule has 2 aliphatic rings. The number of rotatable bonds is 7. The van der Waals surface area contributed by atoms with Crippen LogP contribution in [0.25, 0.3) is 0 Å². The lowest BCUT2D eigenvalue weighted by Gasteiger charge is -2.34. The molecule has 0 spiro atoms. The molecule has 0 unspecified atom stereocenters. The van der Waals surface area contributed by atoms with E-state index in [-0.39, 0.29) is 18.0 Å². The van der Waals surface area contributed by atoms with Crippen molar-refractivity contribution in [2.75, 3.05) is 39.3 Å². The van der Waals surface area contributed by atoms with E-state index in [2.05, 4.69) is 36.5 Å². The highest BCUT2D eigenvalue weighted by molar-refractivity contribution is 5.80. The van der Waals surface area contributed by atoms with Crippen LogP contribution in [0, 0.1) is 0 Å². The van der Waals surface area contributed by atoms with E-state index >= 15 is 0 Å². The number of nitrogens with one attached hydrogen (secondary N) is 3. The molecule has 0 radical (unpaired) electrons. The molecule has 0 aliphatic carbocycles. The summed E-state index contributed by atoms with van der Waals surface area (Å²) >= 11 is 0. The van der Waals surface area contributed by atoms with Gasteiger partial charge in [0.05, 0.1) is 6.04 Å². The van der Waals surface area contributed by atoms with Gasteiger partial charge in [-0.25, -0.2) is 0 Å². The molecule has 2 fully saturated rings. The smallest absolute Gasteiger partial charge is 0.278 e. The van der Waals surface area contributed by atoms with E-state index < -0.39 is 0 Å². The van der Waals surface area contributed by atoms with Crippen LogP contribution < -0.4 is 15.1 Å². The Labute approximate surface area is 180 Å². The molecule has 5 heteroatoms. The average molecular weight is 410 g/mol. The van der Waals surface area contributed by atoms with Crippen LogP contribution in [0.1, 0.15) is 36.9 Å². The summed E-state index contributed by atoms with van der Waals surface area (Å²) < 4.78 is 5.80. The van der Waals surface area contributed by atoms with Gasteiger partial charge in [0, 0.05) is 6.61 Å². The first-order valence-corrected chi connectivity index (χ1v) is 11.4. The van der Waals surface area contributed by atoms with E-state index in [0.29, 0.717) is 6.10 Å². The summed E-state index contributed by atoms with van der Waals surface area (Å²) in [6, 6.07) is 20.3. The van der Waals surface area contributed by atoms with Crippen molar-refractivity contribution in [3.05, 3.63) is 71.8 Å². The topological polar surface area (TPSA) is 47.2 Å². The minimum atomic E-state index is -0.117. The van der Waals surface area contributed by atoms with Crippen LogP contribution in [-0.2, 0) is 9.53 Å². The van der Waals surface area contributed by atoms with Crippen molar-refractivity contribution in [2.24, 2.45) is 0 Å². The lowest BCUT2D eigenvalue weighted by atomic mass is 9.98. The Morgan fingerprint density at radius 3 is 2.13 bits per heavy atom. The number of benzene rings is 2. The molecule has 0 bridgehead atoms. The maximum atomic E-state index is 13.2. The second-order valence-corrected chi connectivity index (χ2v) is 8.73. The fourth-order valence-electron chi connectivity index (χ4n) is 4.79. The van der Waals surface area contributed by atoms with Crippen molar-refractivity contribution in [3.63, 3.8) is 0 Å². The molecule has 160 valence electrons. The summed E-state index contributed by atoms with van der Waals surface area (Å²) in [6.45, 7) is 8.44. The summed E-state index contributed by atoms with van der Waals surface area (Å²) in [5, 5.41) is 3.33. The molecule has 2 aromatic rings. The molecule has 0 saturated carbocycles. The highest BCUT2D eigenvalue weighted by atomic mass is 16.5. The van der Waals surface area contributed by atoms with Gasteiger partial charge in [-0.3, -0.25) is 4.79 Å². The molecule has 2 saturated heterocycles. The first-order valence-electron chi connectivity index (χ1n) is 11.4. The van der Waals surface area contributed by atoms with Crippen molar-refractivity contribution >= 4 is 5.91 Å². The molecule has 2 atom stereocenters. The molecule has 4 rings (SSSR count). The molecule has 2 aliphatic heterocycles. The normalized spacial score (nSPS) is 25.2. The fourth-order valence-corrected chi connectivity index (χ4v) is 4.79. The van der Waals surface area contributed by atoms with Crippen LogP contribution in [0.2, 0.25) is 0 Å². The standard InChI is InChI=1S/C25H33N3O2/c1-20(28-16-14-27(15-17-28)19-23-13-8-18-30-23)25(29)26-24(21-9-4-2-5-10-21)22-11-6-3-7-12-22/h2-7,9-12,20,23-24H,8,13-19H2,1H3,(H,26,29)/p+2/t20-,23+/m0/s1. The van der Waals surface area contributed by atoms with Gasteiger partial charge in [-0.05, 0) is 30.9 Å². The van der Waals surface area contributed by atoms with Gasteiger partial charge >= 0.3 is 0 Å². The average Bonchev–Trinajstić information content (AvgIpc) is 3.31. The Hall–Kier alpha value is -2.21. The number of amides is 1. The van der Waals surface area contributed by atoms with E-state index in [0.717, 1.165) is 50.5 Å². The third kappa shape index (κ3) is 5.28. The van der Waals surface area contributed by atoms with Crippen LogP contribution >= 0.6 is 0 Å². The summed E-state index contributed by atoms with van der Waals surface area (Å²) in [5.41, 5.74) is 2.23. The second-order valence-electron chi connectivity index (χ2n) is 8.73. The quantitative estimate of drug-likeness (QED) is 0.614. The minimum Gasteiger partial charge on any atom is -0.372 e. The predicted molar refractivity (Wildman–Crippen MR) is 118 cm³/mol. The molecule has 3 N–H and O–H groups in total. The van der Waals surface area contributed by atoms with Crippen LogP contribution in [0.4, 0.5) is 0 Å². The van der Waals surface area contributed by atoms with Crippen LogP contribution in [0.5, 0.6) is 0 Å². The third-order valence-corrected chi connectivity index (χ3v) is 6.70. The van der Waals surface area contributed by atoms with E-state index in [1.807, 2.05) is 36.4 Å². The van der Waals surface area contributed by atoms with E-state index in [9.17, 15) is 4.79 Å². The van der Waals surface area contributed by atoms with Crippen molar-refractivity contribution < 1.29 is 19.3 Å². The summed E-state index contributed by atoms with van der Waals surface area (Å²) in [6.07, 6.45) is 2.86. The molecular formula is C25H35N3O2+2. The lowest BCUT2D eigenvalue weighted by molar-refractivity contribution is -1.02. The number of hydrogen-bond acceptors (Lipinski definition) is 2. The third-order valence-electron chi connectivity index (χ3n) is 6.70. The number of ether oxygens (including phenoxy) is 1. The Bertz CT molecular complexity index is 745. The zero-order valence-electron chi connectivity index (χ0n) is 18.0. The van der Waals surface area contributed by atoms with E-state index in [1.165, 1.54) is 17.7 Å². The molecule has 1 amide bonds. The van der Waals surface area contributed by atoms with E-state index in [4.69, 9.17) is 4.74 Å². The molecule has 2 aromatic carbocycles. The van der Waals surface area contributed by atoms with Gasteiger partial charge in [0.15, 0.2) is 6.04 Å². The van der Waals surface area contributed by atoms with Crippen molar-refractivity contribution in [2.45, 2.75) is 38.0 Å². The van der Waals surface area contributed by atoms with Crippen molar-refractivity contribution in [3.8, 4) is 0 Å². The van der Waals surface area contributed by atoms with Gasteiger partial charge < -0.3 is 19.9 Å². The zero-order chi connectivity index (χ0) is 20.8. The van der Waals surface area contributed by atoms with Gasteiger partial charge in [0.2, 0.25) is 0 Å². The van der Waals surface area contributed by atoms with Crippen LogP contribution in [-0.4, -0.2) is 57.4 Å². The summed E-state index contributed by atoms with van der Waals surface area (Å²) in [4.78, 5) is 16.2. The molecule has 0 aromatic heterocycles. The second kappa shape index (κ2) is 10.2. The number of hydrogen-bond donors (Lipinski definition) is 3. The van der Waals surface area contributed by atoms with Gasteiger partial charge in [-0.1, -0.05) is 60.7 Å². The number of piperazine rings is 1. The van der Waals surface area contributed by atoms with Gasteiger partial charge in [-0.15, -0.1) is 0 Å². The fraction of sp³-hybridized carbons (Fsp3) is 0.480. The van der Waals surface area contributed by atoms with Crippen molar-refractivity contribution in [1.29, 1.82) is 0 Å². The number of quaternary nitrogens is 2. The lowest BCUT2D eigenvalue weighted by Crippen LogP contribution is -3.30. The molecule has 2 heterocycles. The SMILES string of the molecule is C[C@@H](C(=O)NC(c1ccccc1)c1ccccc1)[NH+]1CC[NH+](C[C@H]2CCCO2)CC1. The molecule has 30 heavy (non-hydrogen) atoms. The van der Waals surface area contributed by atoms with Crippen molar-refractivity contribution in [1.82, 2.24) is 5.32 Å². The van der Waals surface area contributed by atoms with Crippen LogP contribution in [0.3, 0.4) is 0 Å². The Kier molecular flexibility index (Phi) is 7.16.